The van der Waals surface area contributed by atoms with Crippen molar-refractivity contribution >= 4 is 29.6 Å². The van der Waals surface area contributed by atoms with Gasteiger partial charge in [-0.1, -0.05) is 26.0 Å². The Morgan fingerprint density at radius 1 is 1.36 bits per heavy atom. The predicted octanol–water partition coefficient (Wildman–Crippen LogP) is 2.62. The summed E-state index contributed by atoms with van der Waals surface area (Å²) in [5.74, 6) is 1.85. The third-order valence-corrected chi connectivity index (χ3v) is 3.77. The van der Waals surface area contributed by atoms with Crippen LogP contribution in [0.3, 0.4) is 0 Å². The summed E-state index contributed by atoms with van der Waals surface area (Å²) in [7, 11) is 0. The van der Waals surface area contributed by atoms with Crippen molar-refractivity contribution < 1.29 is 0 Å². The van der Waals surface area contributed by atoms with Crippen LogP contribution in [0.5, 0.6) is 0 Å². The molecule has 57 valence electrons. The van der Waals surface area contributed by atoms with Crippen molar-refractivity contribution in [3.63, 3.8) is 0 Å². The van der Waals surface area contributed by atoms with Crippen LogP contribution in [0.4, 0.5) is 0 Å². The Bertz CT molecular complexity index is 181. The predicted molar refractivity (Wildman–Crippen MR) is 49.5 cm³/mol. The molecule has 2 bridgehead atoms. The molecule has 2 fully saturated rings. The van der Waals surface area contributed by atoms with Crippen LogP contribution in [-0.2, 0) is 0 Å². The molecule has 2 aliphatic rings. The van der Waals surface area contributed by atoms with Crippen molar-refractivity contribution in [3.8, 4) is 0 Å². The fourth-order valence-electron chi connectivity index (χ4n) is 2.74. The van der Waals surface area contributed by atoms with E-state index in [0.717, 1.165) is 11.8 Å². The third-order valence-electron chi connectivity index (χ3n) is 3.77. The normalized spacial score (nSPS) is 38.9. The smallest absolute Gasteiger partial charge is 0 e. The minimum absolute atomic E-state index is 0. The summed E-state index contributed by atoms with van der Waals surface area (Å²) in [6.07, 6.45) is 4.31. The van der Waals surface area contributed by atoms with Gasteiger partial charge in [-0.15, -0.1) is 0 Å². The first kappa shape index (κ1) is 9.83. The second kappa shape index (κ2) is 2.90. The monoisotopic (exact) mass is 159 g/mol. The summed E-state index contributed by atoms with van der Waals surface area (Å²) in [6, 6.07) is 0. The molecule has 0 heterocycles. The van der Waals surface area contributed by atoms with Crippen LogP contribution in [0.15, 0.2) is 12.2 Å². The topological polar surface area (TPSA) is 0 Å². The summed E-state index contributed by atoms with van der Waals surface area (Å²) >= 11 is 0. The Hall–Kier alpha value is 0.740. The maximum absolute atomic E-state index is 4.19. The van der Waals surface area contributed by atoms with Gasteiger partial charge in [-0.25, -0.2) is 0 Å². The number of rotatable bonds is 0. The molecular weight excluding hydrogens is 143 g/mol. The Balaban J connectivity index is 0.000000605. The minimum atomic E-state index is 0. The largest absolute Gasteiger partial charge is 0.0990 e. The molecule has 2 saturated carbocycles. The zero-order chi connectivity index (χ0) is 7.35. The second-order valence-corrected chi connectivity index (χ2v) is 4.45. The van der Waals surface area contributed by atoms with E-state index in [1.165, 1.54) is 24.8 Å². The second-order valence-electron chi connectivity index (χ2n) is 4.45. The van der Waals surface area contributed by atoms with E-state index in [1.807, 2.05) is 0 Å². The van der Waals surface area contributed by atoms with Gasteiger partial charge in [-0.2, -0.15) is 0 Å². The van der Waals surface area contributed by atoms with Crippen molar-refractivity contribution in [2.45, 2.75) is 33.1 Å². The summed E-state index contributed by atoms with van der Waals surface area (Å²) in [6.45, 7) is 8.91. The fraction of sp³-hybridized carbons (Fsp3) is 0.800. The van der Waals surface area contributed by atoms with Gasteiger partial charge in [-0.3, -0.25) is 0 Å². The van der Waals surface area contributed by atoms with Gasteiger partial charge in [0.2, 0.25) is 0 Å². The van der Waals surface area contributed by atoms with E-state index in [1.54, 1.807) is 0 Å². The van der Waals surface area contributed by atoms with E-state index in [4.69, 9.17) is 0 Å². The molecule has 0 spiro atoms. The molecule has 0 N–H and O–H groups in total. The molecule has 0 nitrogen and oxygen atoms in total. The minimum Gasteiger partial charge on any atom is -0.0990 e. The van der Waals surface area contributed by atoms with Gasteiger partial charge in [0.05, 0.1) is 0 Å². The van der Waals surface area contributed by atoms with Gasteiger partial charge in [-0.05, 0) is 36.5 Å². The van der Waals surface area contributed by atoms with Crippen LogP contribution in [0.1, 0.15) is 33.1 Å². The molecule has 2 rings (SSSR count). The molecule has 1 heteroatoms. The summed E-state index contributed by atoms with van der Waals surface area (Å²) < 4.78 is 0. The number of hydrogen-bond donors (Lipinski definition) is 0. The number of hydrogen-bond acceptors (Lipinski definition) is 0. The standard InChI is InChI=1S/C10H16.Na/c1-7-8-4-5-9(6-8)10(7,2)3;/h8-9H,1,4-6H2,2-3H3;. The molecule has 2 unspecified atom stereocenters. The zero-order valence-corrected chi connectivity index (χ0v) is 9.98. The quantitative estimate of drug-likeness (QED) is 0.376. The average Bonchev–Trinajstić information content (AvgIpc) is 2.37. The summed E-state index contributed by atoms with van der Waals surface area (Å²) in [5, 5.41) is 0. The molecule has 1 radical (unpaired) electrons. The van der Waals surface area contributed by atoms with Gasteiger partial charge in [0.1, 0.15) is 0 Å². The number of fused-ring (bicyclic) bond motifs is 2. The first-order valence-electron chi connectivity index (χ1n) is 4.31. The van der Waals surface area contributed by atoms with Gasteiger partial charge in [0, 0.05) is 29.6 Å². The molecule has 0 saturated heterocycles. The van der Waals surface area contributed by atoms with Crippen molar-refractivity contribution in [1.82, 2.24) is 0 Å². The van der Waals surface area contributed by atoms with Crippen molar-refractivity contribution in [2.24, 2.45) is 17.3 Å². The van der Waals surface area contributed by atoms with Crippen LogP contribution < -0.4 is 0 Å². The van der Waals surface area contributed by atoms with E-state index in [0.29, 0.717) is 5.41 Å². The van der Waals surface area contributed by atoms with Crippen LogP contribution in [0.25, 0.3) is 0 Å². The van der Waals surface area contributed by atoms with E-state index in [9.17, 15) is 0 Å². The molecule has 2 atom stereocenters. The van der Waals surface area contributed by atoms with E-state index in [-0.39, 0.29) is 29.6 Å². The first-order valence-corrected chi connectivity index (χ1v) is 4.31. The van der Waals surface area contributed by atoms with Crippen LogP contribution in [0.2, 0.25) is 0 Å². The molecule has 0 aliphatic heterocycles. The van der Waals surface area contributed by atoms with Gasteiger partial charge in [0.15, 0.2) is 0 Å². The molecule has 0 aromatic rings. The average molecular weight is 159 g/mol. The maximum atomic E-state index is 4.19. The number of allylic oxidation sites excluding steroid dienone is 1. The van der Waals surface area contributed by atoms with Crippen LogP contribution >= 0.6 is 0 Å². The summed E-state index contributed by atoms with van der Waals surface area (Å²) in [5.41, 5.74) is 2.01. The van der Waals surface area contributed by atoms with Crippen molar-refractivity contribution in [3.05, 3.63) is 12.2 Å². The van der Waals surface area contributed by atoms with E-state index < -0.39 is 0 Å². The molecule has 0 aromatic heterocycles. The summed E-state index contributed by atoms with van der Waals surface area (Å²) in [4.78, 5) is 0. The van der Waals surface area contributed by atoms with Crippen molar-refractivity contribution in [1.29, 1.82) is 0 Å². The zero-order valence-electron chi connectivity index (χ0n) is 7.98. The molecule has 0 amide bonds. The van der Waals surface area contributed by atoms with Gasteiger partial charge >= 0.3 is 0 Å². The van der Waals surface area contributed by atoms with Gasteiger partial charge < -0.3 is 0 Å². The first-order chi connectivity index (χ1) is 4.62. The molecule has 11 heavy (non-hydrogen) atoms. The van der Waals surface area contributed by atoms with E-state index >= 15 is 0 Å². The Kier molecular flexibility index (Phi) is 2.59. The third kappa shape index (κ3) is 1.24. The molecular formula is C10H16Na. The SMILES string of the molecule is C=C1C2CCC(C2)C1(C)C.[Na]. The fourth-order valence-corrected chi connectivity index (χ4v) is 2.74. The van der Waals surface area contributed by atoms with Gasteiger partial charge in [0.25, 0.3) is 0 Å². The maximum Gasteiger partial charge on any atom is 0 e. The van der Waals surface area contributed by atoms with E-state index in [2.05, 4.69) is 20.4 Å². The molecule has 2 aliphatic carbocycles. The Morgan fingerprint density at radius 2 is 2.00 bits per heavy atom. The Labute approximate surface area is 91.7 Å². The molecule has 0 aromatic carbocycles. The Morgan fingerprint density at radius 3 is 2.27 bits per heavy atom. The van der Waals surface area contributed by atoms with Crippen LogP contribution in [0, 0.1) is 17.3 Å². The van der Waals surface area contributed by atoms with Crippen molar-refractivity contribution in [2.75, 3.05) is 0 Å². The van der Waals surface area contributed by atoms with Crippen LogP contribution in [-0.4, -0.2) is 29.6 Å².